The number of rotatable bonds is 4. The van der Waals surface area contributed by atoms with Crippen molar-refractivity contribution < 1.29 is 23.9 Å². The van der Waals surface area contributed by atoms with Gasteiger partial charge in [-0.1, -0.05) is 35.9 Å². The molecule has 40 heavy (non-hydrogen) atoms. The van der Waals surface area contributed by atoms with E-state index in [1.54, 1.807) is 25.3 Å². The van der Waals surface area contributed by atoms with E-state index in [1.807, 2.05) is 50.2 Å². The molecule has 4 heterocycles. The summed E-state index contributed by atoms with van der Waals surface area (Å²) in [5.41, 5.74) is 2.17. The number of ether oxygens (including phenoxy) is 2. The summed E-state index contributed by atoms with van der Waals surface area (Å²) in [6, 6.07) is 16.3. The summed E-state index contributed by atoms with van der Waals surface area (Å²) in [5, 5.41) is 6.25. The van der Waals surface area contributed by atoms with Gasteiger partial charge in [-0.3, -0.25) is 19.3 Å². The third-order valence-corrected chi connectivity index (χ3v) is 9.50. The average Bonchev–Trinajstić information content (AvgIpc) is 3.67. The van der Waals surface area contributed by atoms with E-state index in [0.29, 0.717) is 41.3 Å². The summed E-state index contributed by atoms with van der Waals surface area (Å²) in [7, 11) is 3.07. The van der Waals surface area contributed by atoms with Crippen LogP contribution in [-0.4, -0.2) is 49.3 Å². The maximum atomic E-state index is 15.0. The second-order valence-electron chi connectivity index (χ2n) is 11.3. The Morgan fingerprint density at radius 3 is 2.52 bits per heavy atom. The standard InChI is InChI=1S/C32H31N3O5/c1-17-14-18(2)27-22(15-17)32(30(38)34-27)31(21-8-5-6-9-23(21)33-29(31)37)26(24-10-7-13-35(24)32)28(36)20-16-19(39-3)11-12-25(20)40-4/h5-6,8-9,11-12,14-16,24,26H,7,10,13H2,1-4H3,(H,33,37)(H,34,38)/t24-,26-,31+,32+/m0/s1. The monoisotopic (exact) mass is 537 g/mol. The predicted molar refractivity (Wildman–Crippen MR) is 150 cm³/mol. The number of nitrogens with one attached hydrogen (secondary N) is 2. The summed E-state index contributed by atoms with van der Waals surface area (Å²) in [6.45, 7) is 4.57. The minimum Gasteiger partial charge on any atom is -0.497 e. The van der Waals surface area contributed by atoms with Crippen LogP contribution in [0.25, 0.3) is 0 Å². The minimum absolute atomic E-state index is 0.234. The van der Waals surface area contributed by atoms with Gasteiger partial charge < -0.3 is 20.1 Å². The fourth-order valence-corrected chi connectivity index (χ4v) is 8.21. The van der Waals surface area contributed by atoms with Crippen LogP contribution in [0, 0.1) is 19.8 Å². The maximum Gasteiger partial charge on any atom is 0.251 e. The highest BCUT2D eigenvalue weighted by molar-refractivity contribution is 6.21. The molecule has 2 fully saturated rings. The van der Waals surface area contributed by atoms with Crippen molar-refractivity contribution in [3.05, 3.63) is 82.4 Å². The van der Waals surface area contributed by atoms with Crippen LogP contribution in [0.2, 0.25) is 0 Å². The lowest BCUT2D eigenvalue weighted by atomic mass is 9.57. The van der Waals surface area contributed by atoms with Gasteiger partial charge in [-0.2, -0.15) is 0 Å². The largest absolute Gasteiger partial charge is 0.497 e. The van der Waals surface area contributed by atoms with Crippen molar-refractivity contribution in [2.75, 3.05) is 31.4 Å². The van der Waals surface area contributed by atoms with Crippen LogP contribution in [-0.2, 0) is 20.5 Å². The minimum atomic E-state index is -1.50. The van der Waals surface area contributed by atoms with E-state index in [1.165, 1.54) is 7.11 Å². The average molecular weight is 538 g/mol. The number of carbonyl (C=O) groups is 3. The Morgan fingerprint density at radius 1 is 0.950 bits per heavy atom. The number of hydrogen-bond acceptors (Lipinski definition) is 6. The van der Waals surface area contributed by atoms with E-state index in [4.69, 9.17) is 9.47 Å². The fraction of sp³-hybridized carbons (Fsp3) is 0.344. The number of Topliss-reactive ketones (excluding diaryl/α,β-unsaturated/α-hetero) is 1. The second-order valence-corrected chi connectivity index (χ2v) is 11.3. The number of fused-ring (bicyclic) bond motifs is 7. The van der Waals surface area contributed by atoms with Crippen molar-refractivity contribution in [1.82, 2.24) is 4.90 Å². The quantitative estimate of drug-likeness (QED) is 0.481. The van der Waals surface area contributed by atoms with Crippen LogP contribution in [0.1, 0.15) is 45.5 Å². The Balaban J connectivity index is 1.59. The predicted octanol–water partition coefficient (Wildman–Crippen LogP) is 4.34. The molecule has 3 aromatic rings. The molecule has 4 aliphatic heterocycles. The lowest BCUT2D eigenvalue weighted by Crippen LogP contribution is -2.62. The zero-order valence-corrected chi connectivity index (χ0v) is 23.0. The van der Waals surface area contributed by atoms with Gasteiger partial charge >= 0.3 is 0 Å². The van der Waals surface area contributed by atoms with E-state index in [0.717, 1.165) is 28.8 Å². The highest BCUT2D eigenvalue weighted by Gasteiger charge is 2.81. The zero-order chi connectivity index (χ0) is 28.0. The SMILES string of the molecule is COc1ccc(OC)c(C(=O)[C@@H]2[C@@H]3CCCN3[C@]3(C(=O)Nc4c(C)cc(C)cc43)[C@@]23C(=O)Nc2ccccc23)c1. The molecule has 2 saturated heterocycles. The molecule has 0 saturated carbocycles. The van der Waals surface area contributed by atoms with Gasteiger partial charge in [0.1, 0.15) is 22.5 Å². The molecular formula is C32H31N3O5. The molecule has 2 N–H and O–H groups in total. The normalized spacial score (nSPS) is 27.9. The molecule has 8 heteroatoms. The van der Waals surface area contributed by atoms with Crippen LogP contribution >= 0.6 is 0 Å². The van der Waals surface area contributed by atoms with E-state index in [-0.39, 0.29) is 23.6 Å². The molecule has 8 nitrogen and oxygen atoms in total. The van der Waals surface area contributed by atoms with Crippen LogP contribution in [0.5, 0.6) is 11.5 Å². The van der Waals surface area contributed by atoms with Crippen LogP contribution in [0.4, 0.5) is 11.4 Å². The number of methoxy groups -OCH3 is 2. The van der Waals surface area contributed by atoms with Gasteiger partial charge in [0, 0.05) is 23.0 Å². The number of amides is 2. The van der Waals surface area contributed by atoms with Gasteiger partial charge in [0.25, 0.3) is 5.91 Å². The number of anilines is 2. The fourth-order valence-electron chi connectivity index (χ4n) is 8.21. The van der Waals surface area contributed by atoms with Gasteiger partial charge in [-0.25, -0.2) is 0 Å². The number of ketones is 1. The van der Waals surface area contributed by atoms with E-state index >= 15 is 0 Å². The molecule has 3 aromatic carbocycles. The number of benzene rings is 3. The van der Waals surface area contributed by atoms with Crippen LogP contribution < -0.4 is 20.1 Å². The first-order valence-corrected chi connectivity index (χ1v) is 13.7. The number of aryl methyl sites for hydroxylation is 2. The Labute approximate surface area is 232 Å². The lowest BCUT2D eigenvalue weighted by molar-refractivity contribution is -0.137. The Kier molecular flexibility index (Phi) is 5.23. The van der Waals surface area contributed by atoms with Crippen LogP contribution in [0.15, 0.2) is 54.6 Å². The van der Waals surface area contributed by atoms with E-state index in [2.05, 4.69) is 15.5 Å². The van der Waals surface area contributed by atoms with Crippen molar-refractivity contribution in [1.29, 1.82) is 0 Å². The van der Waals surface area contributed by atoms with Gasteiger partial charge in [0.05, 0.1) is 25.7 Å². The molecule has 0 unspecified atom stereocenters. The summed E-state index contributed by atoms with van der Waals surface area (Å²) >= 11 is 0. The Bertz CT molecular complexity index is 1630. The zero-order valence-electron chi connectivity index (χ0n) is 23.0. The summed E-state index contributed by atoms with van der Waals surface area (Å²) < 4.78 is 11.1. The van der Waals surface area contributed by atoms with Gasteiger partial charge in [-0.05, 0) is 68.6 Å². The van der Waals surface area contributed by atoms with E-state index in [9.17, 15) is 14.4 Å². The highest BCUT2D eigenvalue weighted by Crippen LogP contribution is 2.68. The van der Waals surface area contributed by atoms with E-state index < -0.39 is 16.9 Å². The summed E-state index contributed by atoms with van der Waals surface area (Å²) in [4.78, 5) is 46.4. The Morgan fingerprint density at radius 2 is 1.75 bits per heavy atom. The maximum absolute atomic E-state index is 15.0. The number of para-hydroxylation sites is 1. The molecule has 0 aliphatic carbocycles. The van der Waals surface area contributed by atoms with Crippen molar-refractivity contribution in [3.63, 3.8) is 0 Å². The van der Waals surface area contributed by atoms with Crippen molar-refractivity contribution >= 4 is 29.0 Å². The van der Waals surface area contributed by atoms with Gasteiger partial charge in [0.15, 0.2) is 5.78 Å². The first kappa shape index (κ1) is 24.8. The highest BCUT2D eigenvalue weighted by atomic mass is 16.5. The molecular weight excluding hydrogens is 506 g/mol. The molecule has 2 amide bonds. The molecule has 2 spiro atoms. The smallest absolute Gasteiger partial charge is 0.251 e. The summed E-state index contributed by atoms with van der Waals surface area (Å²) in [5.74, 6) is -0.755. The second kappa shape index (κ2) is 8.41. The molecule has 7 rings (SSSR count). The molecule has 0 aromatic heterocycles. The number of hydrogen-bond donors (Lipinski definition) is 2. The third-order valence-electron chi connectivity index (χ3n) is 9.50. The molecule has 4 aliphatic rings. The first-order valence-electron chi connectivity index (χ1n) is 13.7. The third kappa shape index (κ3) is 2.77. The molecule has 0 bridgehead atoms. The number of nitrogens with zero attached hydrogens (tertiary/aromatic N) is 1. The molecule has 204 valence electrons. The lowest BCUT2D eigenvalue weighted by Gasteiger charge is -2.43. The van der Waals surface area contributed by atoms with Crippen molar-refractivity contribution in [2.24, 2.45) is 5.92 Å². The topological polar surface area (TPSA) is 97.0 Å². The van der Waals surface area contributed by atoms with Crippen molar-refractivity contribution in [2.45, 2.75) is 43.7 Å². The first-order chi connectivity index (χ1) is 19.3. The molecule has 4 atom stereocenters. The summed E-state index contributed by atoms with van der Waals surface area (Å²) in [6.07, 6.45) is 1.51. The van der Waals surface area contributed by atoms with Crippen molar-refractivity contribution in [3.8, 4) is 11.5 Å². The van der Waals surface area contributed by atoms with Crippen LogP contribution in [0.3, 0.4) is 0 Å². The van der Waals surface area contributed by atoms with Gasteiger partial charge in [0.2, 0.25) is 5.91 Å². The van der Waals surface area contributed by atoms with Gasteiger partial charge in [-0.15, -0.1) is 0 Å². The Hall–Kier alpha value is -4.17. The molecule has 0 radical (unpaired) electrons. The number of carbonyl (C=O) groups excluding carboxylic acids is 3.